The lowest BCUT2D eigenvalue weighted by atomic mass is 10.0. The molecule has 0 radical (unpaired) electrons. The van der Waals surface area contributed by atoms with Crippen LogP contribution >= 0.6 is 0 Å². The molecule has 0 aromatic carbocycles. The van der Waals surface area contributed by atoms with Gasteiger partial charge in [-0.05, 0) is 33.0 Å². The van der Waals surface area contributed by atoms with Gasteiger partial charge in [-0.15, -0.1) is 0 Å². The Labute approximate surface area is 84.6 Å². The van der Waals surface area contributed by atoms with Gasteiger partial charge in [-0.1, -0.05) is 6.58 Å². The van der Waals surface area contributed by atoms with Gasteiger partial charge in [-0.2, -0.15) is 0 Å². The van der Waals surface area contributed by atoms with Crippen molar-refractivity contribution in [3.05, 3.63) is 12.2 Å². The van der Waals surface area contributed by atoms with Crippen molar-refractivity contribution < 1.29 is 9.90 Å². The molecule has 4 heteroatoms. The largest absolute Gasteiger partial charge is 0.478 e. The maximum Gasteiger partial charge on any atom is 0.332 e. The Morgan fingerprint density at radius 2 is 2.14 bits per heavy atom. The number of piperidine rings is 1. The highest BCUT2D eigenvalue weighted by atomic mass is 16.4. The van der Waals surface area contributed by atoms with E-state index in [9.17, 15) is 4.79 Å². The molecule has 14 heavy (non-hydrogen) atoms. The summed E-state index contributed by atoms with van der Waals surface area (Å²) in [6.07, 6.45) is 2.17. The summed E-state index contributed by atoms with van der Waals surface area (Å²) in [5.74, 6) is -0.897. The lowest BCUT2D eigenvalue weighted by Gasteiger charge is -2.31. The number of hydrogen-bond acceptors (Lipinski definition) is 3. The number of hydrogen-bond donors (Lipinski definition) is 2. The average Bonchev–Trinajstić information content (AvgIpc) is 2.19. The predicted octanol–water partition coefficient (Wildman–Crippen LogP) is 0.311. The Kier molecular flexibility index (Phi) is 4.10. The Bertz CT molecular complexity index is 222. The molecule has 0 atom stereocenters. The summed E-state index contributed by atoms with van der Waals surface area (Å²) < 4.78 is 0. The van der Waals surface area contributed by atoms with Crippen LogP contribution < -0.4 is 5.32 Å². The van der Waals surface area contributed by atoms with Crippen LogP contribution in [-0.2, 0) is 4.79 Å². The average molecular weight is 198 g/mol. The first-order chi connectivity index (χ1) is 6.61. The van der Waals surface area contributed by atoms with Gasteiger partial charge in [0.15, 0.2) is 0 Å². The molecule has 1 saturated heterocycles. The number of nitrogens with zero attached hydrogens (tertiary/aromatic N) is 1. The number of aliphatic carboxylic acids is 1. The van der Waals surface area contributed by atoms with Crippen molar-refractivity contribution in [3.8, 4) is 0 Å². The van der Waals surface area contributed by atoms with E-state index in [0.717, 1.165) is 25.9 Å². The summed E-state index contributed by atoms with van der Waals surface area (Å²) in [5, 5.41) is 12.0. The maximum atomic E-state index is 10.6. The van der Waals surface area contributed by atoms with E-state index in [1.54, 1.807) is 0 Å². The highest BCUT2D eigenvalue weighted by molar-refractivity contribution is 5.86. The van der Waals surface area contributed by atoms with E-state index in [-0.39, 0.29) is 5.57 Å². The van der Waals surface area contributed by atoms with Gasteiger partial charge in [-0.25, -0.2) is 4.79 Å². The van der Waals surface area contributed by atoms with Crippen LogP contribution in [-0.4, -0.2) is 48.7 Å². The first kappa shape index (κ1) is 11.2. The van der Waals surface area contributed by atoms with E-state index >= 15 is 0 Å². The van der Waals surface area contributed by atoms with Gasteiger partial charge in [-0.3, -0.25) is 4.90 Å². The number of carboxylic acids is 1. The summed E-state index contributed by atoms with van der Waals surface area (Å²) in [7, 11) is 1.96. The lowest BCUT2D eigenvalue weighted by molar-refractivity contribution is -0.132. The van der Waals surface area contributed by atoms with Gasteiger partial charge in [0.2, 0.25) is 0 Å². The number of carbonyl (C=O) groups is 1. The topological polar surface area (TPSA) is 52.6 Å². The zero-order chi connectivity index (χ0) is 10.6. The van der Waals surface area contributed by atoms with Gasteiger partial charge in [0.25, 0.3) is 0 Å². The molecule has 1 aliphatic heterocycles. The molecule has 0 amide bonds. The molecule has 0 aromatic heterocycles. The number of likely N-dealkylation sites (N-methyl/N-ethyl adjacent to an activating group) is 1. The van der Waals surface area contributed by atoms with Crippen molar-refractivity contribution in [1.82, 2.24) is 10.2 Å². The molecule has 80 valence electrons. The first-order valence-electron chi connectivity index (χ1n) is 4.93. The van der Waals surface area contributed by atoms with Crippen LogP contribution in [0.4, 0.5) is 0 Å². The highest BCUT2D eigenvalue weighted by Crippen LogP contribution is 2.10. The fourth-order valence-corrected chi connectivity index (χ4v) is 1.75. The van der Waals surface area contributed by atoms with Gasteiger partial charge >= 0.3 is 5.97 Å². The monoisotopic (exact) mass is 198 g/mol. The molecule has 1 rings (SSSR count). The molecule has 0 spiro atoms. The Morgan fingerprint density at radius 3 is 2.64 bits per heavy atom. The summed E-state index contributed by atoms with van der Waals surface area (Å²) in [6.45, 7) is 6.04. The second-order valence-corrected chi connectivity index (χ2v) is 3.80. The smallest absolute Gasteiger partial charge is 0.332 e. The van der Waals surface area contributed by atoms with Crippen molar-refractivity contribution in [2.75, 3.05) is 26.7 Å². The normalized spacial score (nSPS) is 18.4. The fraction of sp³-hybridized carbons (Fsp3) is 0.700. The van der Waals surface area contributed by atoms with Crippen LogP contribution in [0.3, 0.4) is 0 Å². The lowest BCUT2D eigenvalue weighted by Crippen LogP contribution is -2.42. The van der Waals surface area contributed by atoms with Crippen molar-refractivity contribution in [1.29, 1.82) is 0 Å². The van der Waals surface area contributed by atoms with Crippen LogP contribution in [0, 0.1) is 0 Å². The van der Waals surface area contributed by atoms with E-state index in [0.29, 0.717) is 12.6 Å². The molecular weight excluding hydrogens is 180 g/mol. The Hall–Kier alpha value is -0.870. The van der Waals surface area contributed by atoms with E-state index < -0.39 is 5.97 Å². The molecule has 0 saturated carbocycles. The second-order valence-electron chi connectivity index (χ2n) is 3.80. The van der Waals surface area contributed by atoms with E-state index in [1.807, 2.05) is 7.05 Å². The Balaban J connectivity index is 2.36. The molecule has 0 unspecified atom stereocenters. The van der Waals surface area contributed by atoms with Crippen LogP contribution in [0.15, 0.2) is 12.2 Å². The molecule has 1 aliphatic rings. The highest BCUT2D eigenvalue weighted by Gasteiger charge is 2.19. The summed E-state index contributed by atoms with van der Waals surface area (Å²) >= 11 is 0. The van der Waals surface area contributed by atoms with Gasteiger partial charge in [0, 0.05) is 18.2 Å². The van der Waals surface area contributed by atoms with Gasteiger partial charge in [0.05, 0.1) is 0 Å². The number of nitrogens with one attached hydrogen (secondary N) is 1. The number of rotatable bonds is 4. The molecule has 0 aliphatic carbocycles. The summed E-state index contributed by atoms with van der Waals surface area (Å²) in [4.78, 5) is 12.7. The third kappa shape index (κ3) is 3.12. The fourth-order valence-electron chi connectivity index (χ4n) is 1.75. The van der Waals surface area contributed by atoms with E-state index in [1.165, 1.54) is 0 Å². The molecule has 0 aromatic rings. The van der Waals surface area contributed by atoms with Crippen molar-refractivity contribution in [2.24, 2.45) is 0 Å². The molecule has 2 N–H and O–H groups in total. The summed E-state index contributed by atoms with van der Waals surface area (Å²) in [6, 6.07) is 0.493. The van der Waals surface area contributed by atoms with Crippen LogP contribution in [0.5, 0.6) is 0 Å². The molecule has 1 heterocycles. The minimum Gasteiger partial charge on any atom is -0.478 e. The van der Waals surface area contributed by atoms with Crippen LogP contribution in [0.2, 0.25) is 0 Å². The molecular formula is C10H18N2O2. The standard InChI is InChI=1S/C10H18N2O2/c1-8(10(13)14)7-12(2)9-3-5-11-6-4-9/h9,11H,1,3-7H2,2H3,(H,13,14). The van der Waals surface area contributed by atoms with Gasteiger partial charge < -0.3 is 10.4 Å². The quantitative estimate of drug-likeness (QED) is 0.638. The predicted molar refractivity (Wildman–Crippen MR) is 55.3 cm³/mol. The van der Waals surface area contributed by atoms with Gasteiger partial charge in [0.1, 0.15) is 0 Å². The Morgan fingerprint density at radius 1 is 1.57 bits per heavy atom. The third-order valence-electron chi connectivity index (χ3n) is 2.67. The van der Waals surface area contributed by atoms with Crippen molar-refractivity contribution in [2.45, 2.75) is 18.9 Å². The maximum absolute atomic E-state index is 10.6. The molecule has 4 nitrogen and oxygen atoms in total. The second kappa shape index (κ2) is 5.12. The van der Waals surface area contributed by atoms with Crippen LogP contribution in [0.1, 0.15) is 12.8 Å². The zero-order valence-electron chi connectivity index (χ0n) is 8.62. The van der Waals surface area contributed by atoms with E-state index in [4.69, 9.17) is 5.11 Å². The number of carboxylic acid groups (broad SMARTS) is 1. The molecule has 0 bridgehead atoms. The van der Waals surface area contributed by atoms with Crippen molar-refractivity contribution in [3.63, 3.8) is 0 Å². The van der Waals surface area contributed by atoms with Crippen molar-refractivity contribution >= 4 is 5.97 Å². The van der Waals surface area contributed by atoms with Crippen LogP contribution in [0.25, 0.3) is 0 Å². The van der Waals surface area contributed by atoms with E-state index in [2.05, 4.69) is 16.8 Å². The SMILES string of the molecule is C=C(CN(C)C1CCNCC1)C(=O)O. The zero-order valence-corrected chi connectivity index (χ0v) is 8.62. The third-order valence-corrected chi connectivity index (χ3v) is 2.67. The minimum absolute atomic E-state index is 0.269. The first-order valence-corrected chi connectivity index (χ1v) is 4.93. The summed E-state index contributed by atoms with van der Waals surface area (Å²) in [5.41, 5.74) is 0.269. The molecule has 1 fully saturated rings. The minimum atomic E-state index is -0.897.